The molecule has 0 spiro atoms. The normalized spacial score (nSPS) is 11.0. The molecule has 130 valence electrons. The second-order valence-corrected chi connectivity index (χ2v) is 6.98. The predicted octanol–water partition coefficient (Wildman–Crippen LogP) is 4.93. The Kier molecular flexibility index (Phi) is 5.04. The lowest BCUT2D eigenvalue weighted by atomic mass is 10.2. The van der Waals surface area contributed by atoms with Crippen molar-refractivity contribution < 1.29 is 4.42 Å². The van der Waals surface area contributed by atoms with E-state index in [1.54, 1.807) is 24.2 Å². The van der Waals surface area contributed by atoms with E-state index in [2.05, 4.69) is 15.2 Å². The number of hydrogen-bond donors (Lipinski definition) is 0. The van der Waals surface area contributed by atoms with Crippen LogP contribution >= 0.6 is 23.4 Å². The van der Waals surface area contributed by atoms with Crippen molar-refractivity contribution in [2.45, 2.75) is 17.5 Å². The Morgan fingerprint density at radius 3 is 2.62 bits per heavy atom. The van der Waals surface area contributed by atoms with Crippen LogP contribution in [0.1, 0.15) is 11.3 Å². The molecule has 0 saturated carbocycles. The molecule has 0 aliphatic carbocycles. The standard InChI is InChI=1S/C19H15ClN4OS/c20-15-8-6-14(7-9-15)13-26-19-23-22-18(17-5-1-2-10-21-17)24(19)12-16-4-3-11-25-16/h1-11H,12-13H2. The minimum absolute atomic E-state index is 0.550. The highest BCUT2D eigenvalue weighted by Crippen LogP contribution is 2.27. The van der Waals surface area contributed by atoms with E-state index < -0.39 is 0 Å². The van der Waals surface area contributed by atoms with Gasteiger partial charge in [-0.3, -0.25) is 9.55 Å². The number of furan rings is 1. The minimum Gasteiger partial charge on any atom is -0.467 e. The Hall–Kier alpha value is -2.57. The van der Waals surface area contributed by atoms with Gasteiger partial charge < -0.3 is 4.42 Å². The Bertz CT molecular complexity index is 969. The Morgan fingerprint density at radius 1 is 1.00 bits per heavy atom. The van der Waals surface area contributed by atoms with Crippen molar-refractivity contribution in [2.24, 2.45) is 0 Å². The fraction of sp³-hybridized carbons (Fsp3) is 0.105. The van der Waals surface area contributed by atoms with Crippen molar-refractivity contribution in [3.63, 3.8) is 0 Å². The van der Waals surface area contributed by atoms with Crippen LogP contribution in [0.4, 0.5) is 0 Å². The zero-order valence-corrected chi connectivity index (χ0v) is 15.3. The van der Waals surface area contributed by atoms with Crippen LogP contribution in [-0.4, -0.2) is 19.7 Å². The molecule has 0 N–H and O–H groups in total. The maximum atomic E-state index is 5.95. The average molecular weight is 383 g/mol. The van der Waals surface area contributed by atoms with E-state index in [0.717, 1.165) is 33.2 Å². The van der Waals surface area contributed by atoms with Gasteiger partial charge in [0.05, 0.1) is 12.8 Å². The van der Waals surface area contributed by atoms with Crippen LogP contribution in [0.15, 0.2) is 76.6 Å². The molecular weight excluding hydrogens is 368 g/mol. The first-order valence-electron chi connectivity index (χ1n) is 8.04. The molecule has 0 atom stereocenters. The molecule has 0 amide bonds. The molecule has 4 aromatic rings. The van der Waals surface area contributed by atoms with E-state index in [0.29, 0.717) is 6.54 Å². The summed E-state index contributed by atoms with van der Waals surface area (Å²) in [6, 6.07) is 17.4. The third kappa shape index (κ3) is 3.81. The summed E-state index contributed by atoms with van der Waals surface area (Å²) >= 11 is 7.57. The van der Waals surface area contributed by atoms with Crippen LogP contribution in [0.2, 0.25) is 5.02 Å². The fourth-order valence-electron chi connectivity index (χ4n) is 2.51. The second-order valence-electron chi connectivity index (χ2n) is 5.60. The number of halogens is 1. The topological polar surface area (TPSA) is 56.7 Å². The van der Waals surface area contributed by atoms with E-state index in [4.69, 9.17) is 16.0 Å². The number of aromatic nitrogens is 4. The highest BCUT2D eigenvalue weighted by Gasteiger charge is 2.16. The zero-order valence-electron chi connectivity index (χ0n) is 13.7. The van der Waals surface area contributed by atoms with E-state index in [1.165, 1.54) is 5.56 Å². The molecular formula is C19H15ClN4OS. The molecule has 0 unspecified atom stereocenters. The molecule has 3 heterocycles. The van der Waals surface area contributed by atoms with Gasteiger partial charge in [-0.05, 0) is 42.0 Å². The van der Waals surface area contributed by atoms with Crippen molar-refractivity contribution in [3.05, 3.63) is 83.4 Å². The summed E-state index contributed by atoms with van der Waals surface area (Å²) in [5, 5.41) is 10.3. The van der Waals surface area contributed by atoms with Crippen LogP contribution in [0, 0.1) is 0 Å². The van der Waals surface area contributed by atoms with Crippen LogP contribution in [0.3, 0.4) is 0 Å². The van der Waals surface area contributed by atoms with Gasteiger partial charge in [0, 0.05) is 17.0 Å². The molecule has 0 radical (unpaired) electrons. The smallest absolute Gasteiger partial charge is 0.192 e. The number of rotatable bonds is 6. The highest BCUT2D eigenvalue weighted by atomic mass is 35.5. The summed E-state index contributed by atoms with van der Waals surface area (Å²) < 4.78 is 7.54. The van der Waals surface area contributed by atoms with Gasteiger partial charge in [0.1, 0.15) is 11.5 Å². The maximum Gasteiger partial charge on any atom is 0.192 e. The lowest BCUT2D eigenvalue weighted by Crippen LogP contribution is -2.04. The zero-order chi connectivity index (χ0) is 17.8. The molecule has 0 aliphatic heterocycles. The van der Waals surface area contributed by atoms with Gasteiger partial charge in [0.25, 0.3) is 0 Å². The number of pyridine rings is 1. The molecule has 4 rings (SSSR count). The van der Waals surface area contributed by atoms with E-state index in [9.17, 15) is 0 Å². The SMILES string of the molecule is Clc1ccc(CSc2nnc(-c3ccccn3)n2Cc2ccco2)cc1. The van der Waals surface area contributed by atoms with Gasteiger partial charge in [-0.1, -0.05) is 41.6 Å². The molecule has 26 heavy (non-hydrogen) atoms. The van der Waals surface area contributed by atoms with Crippen molar-refractivity contribution in [2.75, 3.05) is 0 Å². The lowest BCUT2D eigenvalue weighted by molar-refractivity contribution is 0.485. The summed E-state index contributed by atoms with van der Waals surface area (Å²) in [6.07, 6.45) is 3.42. The number of nitrogens with zero attached hydrogens (tertiary/aromatic N) is 4. The van der Waals surface area contributed by atoms with Crippen molar-refractivity contribution in [1.82, 2.24) is 19.7 Å². The van der Waals surface area contributed by atoms with Crippen LogP contribution in [0.25, 0.3) is 11.5 Å². The molecule has 0 bridgehead atoms. The largest absolute Gasteiger partial charge is 0.467 e. The first kappa shape index (κ1) is 16.9. The highest BCUT2D eigenvalue weighted by molar-refractivity contribution is 7.98. The average Bonchev–Trinajstić information content (AvgIpc) is 3.33. The first-order chi connectivity index (χ1) is 12.8. The molecule has 1 aromatic carbocycles. The molecule has 5 nitrogen and oxygen atoms in total. The first-order valence-corrected chi connectivity index (χ1v) is 9.40. The van der Waals surface area contributed by atoms with Crippen LogP contribution < -0.4 is 0 Å². The number of thioether (sulfide) groups is 1. The van der Waals surface area contributed by atoms with Gasteiger partial charge >= 0.3 is 0 Å². The molecule has 3 aromatic heterocycles. The third-order valence-electron chi connectivity index (χ3n) is 3.79. The van der Waals surface area contributed by atoms with Gasteiger partial charge in [-0.2, -0.15) is 0 Å². The number of benzene rings is 1. The molecule has 0 saturated heterocycles. The maximum absolute atomic E-state index is 5.95. The lowest BCUT2D eigenvalue weighted by Gasteiger charge is -2.08. The Morgan fingerprint density at radius 2 is 1.88 bits per heavy atom. The third-order valence-corrected chi connectivity index (χ3v) is 5.08. The Labute approximate surface area is 160 Å². The van der Waals surface area contributed by atoms with Gasteiger partial charge in [-0.25, -0.2) is 0 Å². The second kappa shape index (κ2) is 7.76. The summed E-state index contributed by atoms with van der Waals surface area (Å²) in [5.41, 5.74) is 1.95. The molecule has 7 heteroatoms. The molecule has 0 fully saturated rings. The summed E-state index contributed by atoms with van der Waals surface area (Å²) in [5.74, 6) is 2.34. The minimum atomic E-state index is 0.550. The van der Waals surface area contributed by atoms with Crippen molar-refractivity contribution >= 4 is 23.4 Å². The van der Waals surface area contributed by atoms with Crippen LogP contribution in [0.5, 0.6) is 0 Å². The van der Waals surface area contributed by atoms with Crippen molar-refractivity contribution in [1.29, 1.82) is 0 Å². The van der Waals surface area contributed by atoms with Gasteiger partial charge in [0.2, 0.25) is 0 Å². The quantitative estimate of drug-likeness (QED) is 0.443. The summed E-state index contributed by atoms with van der Waals surface area (Å²) in [7, 11) is 0. The predicted molar refractivity (Wildman–Crippen MR) is 102 cm³/mol. The van der Waals surface area contributed by atoms with Gasteiger partial charge in [0.15, 0.2) is 11.0 Å². The summed E-state index contributed by atoms with van der Waals surface area (Å²) in [4.78, 5) is 4.40. The van der Waals surface area contributed by atoms with E-state index in [1.807, 2.05) is 59.2 Å². The Balaban J connectivity index is 1.63. The fourth-order valence-corrected chi connectivity index (χ4v) is 3.53. The van der Waals surface area contributed by atoms with E-state index >= 15 is 0 Å². The number of hydrogen-bond acceptors (Lipinski definition) is 5. The monoisotopic (exact) mass is 382 g/mol. The molecule has 0 aliphatic rings. The van der Waals surface area contributed by atoms with Gasteiger partial charge in [-0.15, -0.1) is 10.2 Å². The van der Waals surface area contributed by atoms with Crippen molar-refractivity contribution in [3.8, 4) is 11.5 Å². The van der Waals surface area contributed by atoms with E-state index in [-0.39, 0.29) is 0 Å². The van der Waals surface area contributed by atoms with Crippen LogP contribution in [-0.2, 0) is 12.3 Å². The summed E-state index contributed by atoms with van der Waals surface area (Å²) in [6.45, 7) is 0.550.